The summed E-state index contributed by atoms with van der Waals surface area (Å²) in [6.45, 7) is 1.68. The molecular weight excluding hydrogens is 238 g/mol. The van der Waals surface area contributed by atoms with Crippen molar-refractivity contribution < 1.29 is 4.79 Å². The zero-order chi connectivity index (χ0) is 12.8. The van der Waals surface area contributed by atoms with E-state index in [4.69, 9.17) is 11.6 Å². The Balaban J connectivity index is 2.55. The molecule has 0 radical (unpaired) electrons. The molecule has 0 bridgehead atoms. The van der Waals surface area contributed by atoms with E-state index in [0.29, 0.717) is 10.6 Å². The molecule has 4 nitrogen and oxygen atoms in total. The number of hydrogen-bond donors (Lipinski definition) is 0. The molecule has 94 valence electrons. The lowest BCUT2D eigenvalue weighted by atomic mass is 10.2. The van der Waals surface area contributed by atoms with E-state index in [1.54, 1.807) is 24.2 Å². The van der Waals surface area contributed by atoms with Gasteiger partial charge in [-0.1, -0.05) is 11.6 Å². The summed E-state index contributed by atoms with van der Waals surface area (Å²) < 4.78 is 0. The molecule has 0 saturated heterocycles. The van der Waals surface area contributed by atoms with Crippen LogP contribution in [0.2, 0.25) is 5.02 Å². The van der Waals surface area contributed by atoms with Gasteiger partial charge < -0.3 is 9.80 Å². The summed E-state index contributed by atoms with van der Waals surface area (Å²) in [5, 5.41) is 0.400. The Morgan fingerprint density at radius 2 is 2.06 bits per heavy atom. The number of pyridine rings is 1. The van der Waals surface area contributed by atoms with Gasteiger partial charge in [-0.25, -0.2) is 0 Å². The summed E-state index contributed by atoms with van der Waals surface area (Å²) >= 11 is 5.93. The molecular formula is C12H18ClN3O. The molecule has 0 atom stereocenters. The predicted molar refractivity (Wildman–Crippen MR) is 69.4 cm³/mol. The summed E-state index contributed by atoms with van der Waals surface area (Å²) in [5.41, 5.74) is 0.508. The van der Waals surface area contributed by atoms with Crippen molar-refractivity contribution in [2.75, 3.05) is 34.2 Å². The van der Waals surface area contributed by atoms with Crippen LogP contribution in [0.1, 0.15) is 16.8 Å². The van der Waals surface area contributed by atoms with Gasteiger partial charge in [-0.05, 0) is 33.1 Å². The molecule has 0 saturated carbocycles. The van der Waals surface area contributed by atoms with Crippen molar-refractivity contribution in [3.63, 3.8) is 0 Å². The predicted octanol–water partition coefficient (Wildman–Crippen LogP) is 1.76. The molecule has 0 aliphatic carbocycles. The van der Waals surface area contributed by atoms with Crippen molar-refractivity contribution in [2.45, 2.75) is 6.42 Å². The van der Waals surface area contributed by atoms with E-state index >= 15 is 0 Å². The maximum atomic E-state index is 12.0. The van der Waals surface area contributed by atoms with Crippen molar-refractivity contribution in [1.82, 2.24) is 14.8 Å². The minimum absolute atomic E-state index is 0.0591. The number of carbonyl (C=O) groups excluding carboxylic acids is 1. The third kappa shape index (κ3) is 4.32. The molecule has 0 spiro atoms. The second-order valence-corrected chi connectivity index (χ2v) is 4.65. The van der Waals surface area contributed by atoms with E-state index in [0.717, 1.165) is 19.5 Å². The van der Waals surface area contributed by atoms with E-state index in [-0.39, 0.29) is 5.91 Å². The third-order valence-electron chi connectivity index (χ3n) is 2.45. The first kappa shape index (κ1) is 13.9. The van der Waals surface area contributed by atoms with Crippen molar-refractivity contribution in [1.29, 1.82) is 0 Å². The van der Waals surface area contributed by atoms with E-state index < -0.39 is 0 Å². The molecule has 0 aromatic carbocycles. The Kier molecular flexibility index (Phi) is 5.38. The number of carbonyl (C=O) groups is 1. The Hall–Kier alpha value is -1.13. The first-order valence-electron chi connectivity index (χ1n) is 5.52. The second kappa shape index (κ2) is 6.57. The van der Waals surface area contributed by atoms with Gasteiger partial charge in [-0.15, -0.1) is 0 Å². The summed E-state index contributed by atoms with van der Waals surface area (Å²) in [6, 6.07) is 1.65. The maximum absolute atomic E-state index is 12.0. The molecule has 0 N–H and O–H groups in total. The van der Waals surface area contributed by atoms with Gasteiger partial charge >= 0.3 is 0 Å². The van der Waals surface area contributed by atoms with E-state index in [1.165, 1.54) is 6.20 Å². The zero-order valence-electron chi connectivity index (χ0n) is 10.5. The topological polar surface area (TPSA) is 36.4 Å². The SMILES string of the molecule is CN(C)CCCN(C)C(=O)c1ccncc1Cl. The lowest BCUT2D eigenvalue weighted by molar-refractivity contribution is 0.0790. The van der Waals surface area contributed by atoms with Crippen LogP contribution in [-0.4, -0.2) is 54.9 Å². The van der Waals surface area contributed by atoms with Crippen LogP contribution in [0, 0.1) is 0 Å². The number of halogens is 1. The second-order valence-electron chi connectivity index (χ2n) is 4.24. The van der Waals surface area contributed by atoms with Crippen LogP contribution >= 0.6 is 11.6 Å². The van der Waals surface area contributed by atoms with E-state index in [9.17, 15) is 4.79 Å². The van der Waals surface area contributed by atoms with Gasteiger partial charge in [0, 0.05) is 26.0 Å². The normalized spacial score (nSPS) is 10.6. The van der Waals surface area contributed by atoms with Crippen LogP contribution in [0.4, 0.5) is 0 Å². The molecule has 5 heteroatoms. The van der Waals surface area contributed by atoms with Crippen LogP contribution in [0.3, 0.4) is 0 Å². The highest BCUT2D eigenvalue weighted by Gasteiger charge is 2.14. The quantitative estimate of drug-likeness (QED) is 0.805. The van der Waals surface area contributed by atoms with Gasteiger partial charge in [0.1, 0.15) is 0 Å². The minimum Gasteiger partial charge on any atom is -0.342 e. The fourth-order valence-electron chi connectivity index (χ4n) is 1.48. The molecule has 1 amide bonds. The van der Waals surface area contributed by atoms with E-state index in [1.807, 2.05) is 14.1 Å². The Morgan fingerprint density at radius 3 is 2.65 bits per heavy atom. The molecule has 0 unspecified atom stereocenters. The maximum Gasteiger partial charge on any atom is 0.255 e. The van der Waals surface area contributed by atoms with Gasteiger partial charge in [-0.3, -0.25) is 9.78 Å². The summed E-state index contributed by atoms with van der Waals surface area (Å²) in [4.78, 5) is 19.7. The standard InChI is InChI=1S/C12H18ClN3O/c1-15(2)7-4-8-16(3)12(17)10-5-6-14-9-11(10)13/h5-6,9H,4,7-8H2,1-3H3. The minimum atomic E-state index is -0.0591. The highest BCUT2D eigenvalue weighted by atomic mass is 35.5. The van der Waals surface area contributed by atoms with Gasteiger partial charge in [-0.2, -0.15) is 0 Å². The summed E-state index contributed by atoms with van der Waals surface area (Å²) in [5.74, 6) is -0.0591. The Labute approximate surface area is 107 Å². The Bertz CT molecular complexity index is 382. The van der Waals surface area contributed by atoms with Crippen LogP contribution in [0.15, 0.2) is 18.5 Å². The average Bonchev–Trinajstić information content (AvgIpc) is 2.28. The lowest BCUT2D eigenvalue weighted by Crippen LogP contribution is -2.30. The first-order chi connectivity index (χ1) is 8.02. The molecule has 1 heterocycles. The molecule has 1 aromatic heterocycles. The van der Waals surface area contributed by atoms with Crippen LogP contribution < -0.4 is 0 Å². The molecule has 1 aromatic rings. The Morgan fingerprint density at radius 1 is 1.35 bits per heavy atom. The number of nitrogens with zero attached hydrogens (tertiary/aromatic N) is 3. The highest BCUT2D eigenvalue weighted by Crippen LogP contribution is 2.15. The highest BCUT2D eigenvalue weighted by molar-refractivity contribution is 6.33. The first-order valence-corrected chi connectivity index (χ1v) is 5.90. The van der Waals surface area contributed by atoms with Gasteiger partial charge in [0.15, 0.2) is 0 Å². The molecule has 0 aliphatic rings. The van der Waals surface area contributed by atoms with Crippen molar-refractivity contribution in [2.24, 2.45) is 0 Å². The molecule has 0 fully saturated rings. The van der Waals surface area contributed by atoms with Crippen LogP contribution in [0.25, 0.3) is 0 Å². The number of aromatic nitrogens is 1. The molecule has 1 rings (SSSR count). The fraction of sp³-hybridized carbons (Fsp3) is 0.500. The summed E-state index contributed by atoms with van der Waals surface area (Å²) in [6.07, 6.45) is 4.01. The van der Waals surface area contributed by atoms with Crippen LogP contribution in [0.5, 0.6) is 0 Å². The zero-order valence-corrected chi connectivity index (χ0v) is 11.2. The third-order valence-corrected chi connectivity index (χ3v) is 2.75. The fourth-order valence-corrected chi connectivity index (χ4v) is 1.68. The van der Waals surface area contributed by atoms with Crippen molar-refractivity contribution in [3.8, 4) is 0 Å². The average molecular weight is 256 g/mol. The summed E-state index contributed by atoms with van der Waals surface area (Å²) in [7, 11) is 5.82. The van der Waals surface area contributed by atoms with E-state index in [2.05, 4.69) is 9.88 Å². The van der Waals surface area contributed by atoms with Gasteiger partial charge in [0.05, 0.1) is 10.6 Å². The largest absolute Gasteiger partial charge is 0.342 e. The van der Waals surface area contributed by atoms with Gasteiger partial charge in [0.25, 0.3) is 5.91 Å². The molecule has 17 heavy (non-hydrogen) atoms. The lowest BCUT2D eigenvalue weighted by Gasteiger charge is -2.19. The van der Waals surface area contributed by atoms with Crippen molar-refractivity contribution in [3.05, 3.63) is 29.0 Å². The smallest absolute Gasteiger partial charge is 0.255 e. The number of rotatable bonds is 5. The van der Waals surface area contributed by atoms with Gasteiger partial charge in [0.2, 0.25) is 0 Å². The monoisotopic (exact) mass is 255 g/mol. The number of hydrogen-bond acceptors (Lipinski definition) is 3. The van der Waals surface area contributed by atoms with Crippen LogP contribution in [-0.2, 0) is 0 Å². The van der Waals surface area contributed by atoms with Crippen molar-refractivity contribution >= 4 is 17.5 Å². The molecule has 0 aliphatic heterocycles. The number of amides is 1.